The fourth-order valence-electron chi connectivity index (χ4n) is 3.53. The monoisotopic (exact) mass is 460 g/mol. The number of carbonyl (C=O) groups excluding carboxylic acids is 2. The highest BCUT2D eigenvalue weighted by molar-refractivity contribution is 7.89. The number of furan rings is 1. The van der Waals surface area contributed by atoms with Gasteiger partial charge in [-0.2, -0.15) is 4.31 Å². The van der Waals surface area contributed by atoms with E-state index < -0.39 is 16.0 Å². The third-order valence-electron chi connectivity index (χ3n) is 5.32. The fourth-order valence-corrected chi connectivity index (χ4v) is 5.05. The summed E-state index contributed by atoms with van der Waals surface area (Å²) in [5.74, 6) is 0.0181. The SMILES string of the molecule is COC(=O)c1cc(CNC(=O)C=Cc2ccc(S(=O)(=O)N3CCCCCC3)cc2)oc1C. The van der Waals surface area contributed by atoms with Gasteiger partial charge in [-0.25, -0.2) is 13.2 Å². The van der Waals surface area contributed by atoms with Gasteiger partial charge in [0.15, 0.2) is 0 Å². The number of amides is 1. The lowest BCUT2D eigenvalue weighted by Crippen LogP contribution is -2.31. The molecule has 1 aliphatic heterocycles. The predicted octanol–water partition coefficient (Wildman–Crippen LogP) is 3.27. The van der Waals surface area contributed by atoms with Crippen molar-refractivity contribution in [2.75, 3.05) is 20.2 Å². The normalized spacial score (nSPS) is 15.4. The van der Waals surface area contributed by atoms with Crippen molar-refractivity contribution >= 4 is 28.0 Å². The van der Waals surface area contributed by atoms with E-state index in [1.54, 1.807) is 41.6 Å². The molecule has 1 aromatic heterocycles. The van der Waals surface area contributed by atoms with Crippen molar-refractivity contribution in [3.05, 3.63) is 59.1 Å². The van der Waals surface area contributed by atoms with Crippen LogP contribution < -0.4 is 5.32 Å². The largest absolute Gasteiger partial charge is 0.465 e. The molecule has 1 N–H and O–H groups in total. The Labute approximate surface area is 188 Å². The average Bonchev–Trinajstić information content (AvgIpc) is 2.98. The number of aryl methyl sites for hydroxylation is 1. The summed E-state index contributed by atoms with van der Waals surface area (Å²) in [6.45, 7) is 2.88. The maximum absolute atomic E-state index is 12.8. The first kappa shape index (κ1) is 23.7. The topological polar surface area (TPSA) is 106 Å². The molecule has 1 saturated heterocycles. The molecular formula is C23H28N2O6S. The number of methoxy groups -OCH3 is 1. The summed E-state index contributed by atoms with van der Waals surface area (Å²) in [5, 5.41) is 2.68. The van der Waals surface area contributed by atoms with Crippen LogP contribution in [0.15, 0.2) is 45.7 Å². The molecule has 0 radical (unpaired) electrons. The minimum atomic E-state index is -3.50. The molecule has 0 spiro atoms. The van der Waals surface area contributed by atoms with Gasteiger partial charge in [0.1, 0.15) is 17.1 Å². The number of nitrogens with zero attached hydrogens (tertiary/aromatic N) is 1. The lowest BCUT2D eigenvalue weighted by Gasteiger charge is -2.19. The number of ether oxygens (including phenoxy) is 1. The molecule has 9 heteroatoms. The van der Waals surface area contributed by atoms with Gasteiger partial charge >= 0.3 is 5.97 Å². The second-order valence-corrected chi connectivity index (χ2v) is 9.55. The van der Waals surface area contributed by atoms with Crippen molar-refractivity contribution in [2.24, 2.45) is 0 Å². The van der Waals surface area contributed by atoms with Crippen molar-refractivity contribution in [3.63, 3.8) is 0 Å². The van der Waals surface area contributed by atoms with Crippen LogP contribution >= 0.6 is 0 Å². The van der Waals surface area contributed by atoms with Gasteiger partial charge in [0.2, 0.25) is 15.9 Å². The van der Waals surface area contributed by atoms with E-state index in [4.69, 9.17) is 4.42 Å². The molecule has 0 aliphatic carbocycles. The summed E-state index contributed by atoms with van der Waals surface area (Å²) in [6.07, 6.45) is 6.85. The van der Waals surface area contributed by atoms with Crippen LogP contribution in [0.3, 0.4) is 0 Å². The minimum Gasteiger partial charge on any atom is -0.465 e. The van der Waals surface area contributed by atoms with Crippen LogP contribution in [0.4, 0.5) is 0 Å². The van der Waals surface area contributed by atoms with Crippen molar-refractivity contribution in [1.82, 2.24) is 9.62 Å². The molecule has 3 rings (SSSR count). The number of hydrogen-bond acceptors (Lipinski definition) is 6. The van der Waals surface area contributed by atoms with Crippen LogP contribution in [0.1, 0.15) is 53.1 Å². The van der Waals surface area contributed by atoms with Crippen molar-refractivity contribution in [1.29, 1.82) is 0 Å². The lowest BCUT2D eigenvalue weighted by molar-refractivity contribution is -0.116. The van der Waals surface area contributed by atoms with E-state index in [0.717, 1.165) is 25.7 Å². The molecule has 1 aromatic carbocycles. The number of rotatable bonds is 7. The molecule has 0 atom stereocenters. The molecule has 0 saturated carbocycles. The van der Waals surface area contributed by atoms with Crippen LogP contribution in [-0.4, -0.2) is 44.8 Å². The van der Waals surface area contributed by atoms with E-state index in [9.17, 15) is 18.0 Å². The van der Waals surface area contributed by atoms with Crippen LogP contribution in [0.5, 0.6) is 0 Å². The van der Waals surface area contributed by atoms with Crippen molar-refractivity contribution in [2.45, 2.75) is 44.0 Å². The van der Waals surface area contributed by atoms with Crippen molar-refractivity contribution < 1.29 is 27.2 Å². The lowest BCUT2D eigenvalue weighted by atomic mass is 10.2. The Morgan fingerprint density at radius 2 is 1.78 bits per heavy atom. The highest BCUT2D eigenvalue weighted by atomic mass is 32.2. The Morgan fingerprint density at radius 3 is 2.41 bits per heavy atom. The van der Waals surface area contributed by atoms with Gasteiger partial charge < -0.3 is 14.5 Å². The summed E-state index contributed by atoms with van der Waals surface area (Å²) in [4.78, 5) is 24.0. The molecule has 1 aliphatic rings. The first-order valence-electron chi connectivity index (χ1n) is 10.5. The van der Waals surface area contributed by atoms with E-state index in [-0.39, 0.29) is 17.3 Å². The second-order valence-electron chi connectivity index (χ2n) is 7.61. The van der Waals surface area contributed by atoms with Crippen LogP contribution in [0, 0.1) is 6.92 Å². The third kappa shape index (κ3) is 5.86. The number of carbonyl (C=O) groups is 2. The summed E-state index contributed by atoms with van der Waals surface area (Å²) < 4.78 is 37.3. The van der Waals surface area contributed by atoms with Crippen LogP contribution in [0.25, 0.3) is 6.08 Å². The first-order valence-corrected chi connectivity index (χ1v) is 12.0. The zero-order chi connectivity index (χ0) is 23.1. The van der Waals surface area contributed by atoms with E-state index in [2.05, 4.69) is 10.1 Å². The Bertz CT molecular complexity index is 1080. The highest BCUT2D eigenvalue weighted by Gasteiger charge is 2.24. The number of benzene rings is 1. The summed E-state index contributed by atoms with van der Waals surface area (Å²) in [5.41, 5.74) is 1.03. The maximum atomic E-state index is 12.8. The van der Waals surface area contributed by atoms with Gasteiger partial charge in [-0.1, -0.05) is 25.0 Å². The molecule has 2 aromatic rings. The number of esters is 1. The Balaban J connectivity index is 1.57. The second kappa shape index (κ2) is 10.6. The van der Waals surface area contributed by atoms with Crippen LogP contribution in [0.2, 0.25) is 0 Å². The number of hydrogen-bond donors (Lipinski definition) is 1. The van der Waals surface area contributed by atoms with Gasteiger partial charge in [-0.3, -0.25) is 4.79 Å². The van der Waals surface area contributed by atoms with E-state index >= 15 is 0 Å². The summed E-state index contributed by atoms with van der Waals surface area (Å²) >= 11 is 0. The quantitative estimate of drug-likeness (QED) is 0.502. The van der Waals surface area contributed by atoms with E-state index in [1.807, 2.05) is 0 Å². The molecule has 0 bridgehead atoms. The standard InChI is InChI=1S/C23H28N2O6S/c1-17-21(23(27)30-2)15-19(31-17)16-24-22(26)12-9-18-7-10-20(11-8-18)32(28,29)25-13-5-3-4-6-14-25/h7-12,15H,3-6,13-14,16H2,1-2H3,(H,24,26). The Morgan fingerprint density at radius 1 is 1.12 bits per heavy atom. The molecule has 1 fully saturated rings. The zero-order valence-electron chi connectivity index (χ0n) is 18.3. The van der Waals surface area contributed by atoms with Gasteiger partial charge in [-0.15, -0.1) is 0 Å². The number of nitrogens with one attached hydrogen (secondary N) is 1. The smallest absolute Gasteiger partial charge is 0.341 e. The fraction of sp³-hybridized carbons (Fsp3) is 0.391. The first-order chi connectivity index (χ1) is 15.3. The third-order valence-corrected chi connectivity index (χ3v) is 7.23. The minimum absolute atomic E-state index is 0.119. The average molecular weight is 461 g/mol. The Hall–Kier alpha value is -2.91. The van der Waals surface area contributed by atoms with Gasteiger partial charge in [-0.05, 0) is 49.6 Å². The maximum Gasteiger partial charge on any atom is 0.341 e. The van der Waals surface area contributed by atoms with Gasteiger partial charge in [0, 0.05) is 19.2 Å². The predicted molar refractivity (Wildman–Crippen MR) is 119 cm³/mol. The molecule has 8 nitrogen and oxygen atoms in total. The van der Waals surface area contributed by atoms with E-state index in [1.165, 1.54) is 19.3 Å². The molecule has 1 amide bonds. The zero-order valence-corrected chi connectivity index (χ0v) is 19.1. The van der Waals surface area contributed by atoms with Crippen LogP contribution in [-0.2, 0) is 26.1 Å². The van der Waals surface area contributed by atoms with Gasteiger partial charge in [0.25, 0.3) is 0 Å². The Kier molecular flexibility index (Phi) is 7.87. The number of sulfonamides is 1. The van der Waals surface area contributed by atoms with Crippen molar-refractivity contribution in [3.8, 4) is 0 Å². The molecule has 2 heterocycles. The van der Waals surface area contributed by atoms with E-state index in [0.29, 0.717) is 35.7 Å². The molecule has 172 valence electrons. The molecule has 0 unspecified atom stereocenters. The molecule has 32 heavy (non-hydrogen) atoms. The molecular weight excluding hydrogens is 432 g/mol. The highest BCUT2D eigenvalue weighted by Crippen LogP contribution is 2.21. The summed E-state index contributed by atoms with van der Waals surface area (Å²) in [7, 11) is -2.21. The van der Waals surface area contributed by atoms with Gasteiger partial charge in [0.05, 0.1) is 18.6 Å². The summed E-state index contributed by atoms with van der Waals surface area (Å²) in [6, 6.07) is 8.02.